The van der Waals surface area contributed by atoms with Gasteiger partial charge in [-0.15, -0.1) is 0 Å². The van der Waals surface area contributed by atoms with Crippen molar-refractivity contribution in [2.75, 3.05) is 6.61 Å². The Bertz CT molecular complexity index is 477. The summed E-state index contributed by atoms with van der Waals surface area (Å²) in [6, 6.07) is 8.46. The van der Waals surface area contributed by atoms with Crippen LogP contribution in [0.3, 0.4) is 0 Å². The Morgan fingerprint density at radius 3 is 2.70 bits per heavy atom. The molecule has 1 fully saturated rings. The van der Waals surface area contributed by atoms with Crippen molar-refractivity contribution >= 4 is 24.2 Å². The van der Waals surface area contributed by atoms with Gasteiger partial charge >= 0.3 is 8.25 Å². The highest BCUT2D eigenvalue weighted by Gasteiger charge is 2.54. The second-order valence-corrected chi connectivity index (χ2v) is 6.40. The van der Waals surface area contributed by atoms with Crippen LogP contribution in [0.4, 0.5) is 4.39 Å². The van der Waals surface area contributed by atoms with Gasteiger partial charge in [0.25, 0.3) is 0 Å². The fourth-order valence-electron chi connectivity index (χ4n) is 1.66. The molecular weight excluding hydrogens is 356 g/mol. The first-order valence-corrected chi connectivity index (χ1v) is 7.79. The molecule has 3 unspecified atom stereocenters. The van der Waals surface area contributed by atoms with E-state index < -0.39 is 31.3 Å². The molecule has 0 radical (unpaired) electrons. The lowest BCUT2D eigenvalue weighted by Crippen LogP contribution is -2.42. The van der Waals surface area contributed by atoms with Crippen LogP contribution in [0.5, 0.6) is 5.75 Å². The third kappa shape index (κ3) is 3.58. The number of aliphatic hydroxyl groups excluding tert-OH is 1. The summed E-state index contributed by atoms with van der Waals surface area (Å²) in [6.45, 7) is -0.295. The Morgan fingerprint density at radius 2 is 2.15 bits per heavy atom. The van der Waals surface area contributed by atoms with Gasteiger partial charge < -0.3 is 20.1 Å². The molecule has 20 heavy (non-hydrogen) atoms. The normalized spacial score (nSPS) is 34.9. The lowest BCUT2D eigenvalue weighted by Gasteiger charge is -2.18. The minimum Gasteiger partial charge on any atom is -0.426 e. The van der Waals surface area contributed by atoms with Gasteiger partial charge in [-0.3, -0.25) is 4.52 Å². The topological polar surface area (TPSA) is 91.0 Å². The van der Waals surface area contributed by atoms with Crippen molar-refractivity contribution in [3.05, 3.63) is 30.3 Å². The summed E-state index contributed by atoms with van der Waals surface area (Å²) in [4.78, 5) is 0. The summed E-state index contributed by atoms with van der Waals surface area (Å²) in [7, 11) is -2.83. The lowest BCUT2D eigenvalue weighted by atomic mass is 10.1. The van der Waals surface area contributed by atoms with Crippen LogP contribution in [0.15, 0.2) is 30.3 Å². The zero-order chi connectivity index (χ0) is 14.8. The molecule has 1 aliphatic rings. The average molecular weight is 370 g/mol. The fraction of sp³-hybridized carbons (Fsp3) is 0.455. The summed E-state index contributed by atoms with van der Waals surface area (Å²) in [5.74, 6) is 0.390. The van der Waals surface area contributed by atoms with Crippen LogP contribution >= 0.6 is 24.2 Å². The van der Waals surface area contributed by atoms with E-state index in [1.54, 1.807) is 30.3 Å². The third-order valence-electron chi connectivity index (χ3n) is 2.76. The Balaban J connectivity index is 1.83. The second-order valence-electron chi connectivity index (χ2n) is 4.19. The maximum absolute atomic E-state index is 13.8. The average Bonchev–Trinajstić information content (AvgIpc) is 2.61. The van der Waals surface area contributed by atoms with E-state index >= 15 is 0 Å². The predicted molar refractivity (Wildman–Crippen MR) is 73.6 cm³/mol. The first kappa shape index (κ1) is 15.9. The van der Waals surface area contributed by atoms with Crippen LogP contribution in [0, 0.1) is 0 Å². The van der Waals surface area contributed by atoms with Crippen LogP contribution < -0.4 is 10.3 Å². The molecule has 9 heteroatoms. The molecule has 5 atom stereocenters. The number of ether oxygens (including phenoxy) is 1. The molecule has 0 saturated carbocycles. The Morgan fingerprint density at radius 1 is 1.50 bits per heavy atom. The molecule has 2 rings (SSSR count). The lowest BCUT2D eigenvalue weighted by molar-refractivity contribution is -0.0142. The van der Waals surface area contributed by atoms with E-state index in [0.29, 0.717) is 5.75 Å². The number of halogens is 2. The van der Waals surface area contributed by atoms with E-state index in [0.717, 1.165) is 0 Å². The molecule has 0 spiro atoms. The maximum atomic E-state index is 13.8. The number of hydrogen-bond acceptors (Lipinski definition) is 6. The number of rotatable bonds is 5. The van der Waals surface area contributed by atoms with Crippen LogP contribution in [-0.2, 0) is 13.8 Å². The van der Waals surface area contributed by atoms with Gasteiger partial charge in [-0.25, -0.2) is 8.96 Å². The van der Waals surface area contributed by atoms with E-state index in [1.165, 1.54) is 0 Å². The van der Waals surface area contributed by atoms with Crippen LogP contribution in [0.1, 0.15) is 0 Å². The molecule has 1 aromatic rings. The van der Waals surface area contributed by atoms with Gasteiger partial charge in [0.15, 0.2) is 6.23 Å². The molecule has 0 aliphatic carbocycles. The number of benzene rings is 1. The summed E-state index contributed by atoms with van der Waals surface area (Å²) in [6.07, 6.45) is -3.88. The van der Waals surface area contributed by atoms with Crippen molar-refractivity contribution in [1.82, 2.24) is 0 Å². The molecule has 1 aromatic carbocycles. The largest absolute Gasteiger partial charge is 0.426 e. The van der Waals surface area contributed by atoms with E-state index in [1.807, 2.05) is 0 Å². The van der Waals surface area contributed by atoms with E-state index in [9.17, 15) is 14.1 Å². The standard InChI is InChI=1S/C11H14BrFNO5P/c12-11(13)9(15)8(18-10(11)14)6-17-20(16)19-7-4-2-1-3-5-7/h1-5,8-10,15,20H,6,14H2/t8-,9?,10-,11?/m1/s1. The highest BCUT2D eigenvalue weighted by molar-refractivity contribution is 9.10. The third-order valence-corrected chi connectivity index (χ3v) is 4.48. The molecule has 1 aliphatic heterocycles. The molecule has 0 aromatic heterocycles. The summed E-state index contributed by atoms with van der Waals surface area (Å²) in [5, 5.41) is 9.65. The molecule has 3 N–H and O–H groups in total. The predicted octanol–water partition coefficient (Wildman–Crippen LogP) is 1.58. The fourth-order valence-corrected chi connectivity index (χ4v) is 2.75. The van der Waals surface area contributed by atoms with E-state index in [-0.39, 0.29) is 6.61 Å². The monoisotopic (exact) mass is 369 g/mol. The Hall–Kier alpha value is -0.500. The summed E-state index contributed by atoms with van der Waals surface area (Å²) in [5.41, 5.74) is 5.36. The van der Waals surface area contributed by atoms with Crippen molar-refractivity contribution in [1.29, 1.82) is 0 Å². The number of hydrogen-bond donors (Lipinski definition) is 2. The molecule has 0 amide bonds. The van der Waals surface area contributed by atoms with Crippen molar-refractivity contribution in [3.63, 3.8) is 0 Å². The Labute approximate surface area is 124 Å². The van der Waals surface area contributed by atoms with Gasteiger partial charge in [0, 0.05) is 0 Å². The quantitative estimate of drug-likeness (QED) is 0.604. The van der Waals surface area contributed by atoms with Crippen molar-refractivity contribution in [3.8, 4) is 5.75 Å². The van der Waals surface area contributed by atoms with Crippen LogP contribution in [0.2, 0.25) is 0 Å². The second kappa shape index (κ2) is 6.51. The van der Waals surface area contributed by atoms with Crippen LogP contribution in [0.25, 0.3) is 0 Å². The highest BCUT2D eigenvalue weighted by atomic mass is 79.9. The minimum absolute atomic E-state index is 0.295. The number of alkyl halides is 2. The number of para-hydroxylation sites is 1. The summed E-state index contributed by atoms with van der Waals surface area (Å²) < 4.78 is 38.1. The van der Waals surface area contributed by atoms with Gasteiger partial charge in [-0.2, -0.15) is 0 Å². The Kier molecular flexibility index (Phi) is 5.17. The molecular formula is C11H14BrFNO5P. The molecule has 0 bridgehead atoms. The number of nitrogens with two attached hydrogens (primary N) is 1. The molecule has 112 valence electrons. The zero-order valence-corrected chi connectivity index (χ0v) is 12.8. The van der Waals surface area contributed by atoms with Gasteiger partial charge in [-0.05, 0) is 28.1 Å². The zero-order valence-electron chi connectivity index (χ0n) is 10.2. The van der Waals surface area contributed by atoms with E-state index in [4.69, 9.17) is 19.5 Å². The molecule has 1 heterocycles. The van der Waals surface area contributed by atoms with Crippen molar-refractivity contribution in [2.24, 2.45) is 5.73 Å². The highest BCUT2D eigenvalue weighted by Crippen LogP contribution is 2.39. The van der Waals surface area contributed by atoms with Crippen molar-refractivity contribution in [2.45, 2.75) is 23.0 Å². The van der Waals surface area contributed by atoms with Crippen LogP contribution in [-0.4, -0.2) is 34.7 Å². The molecule has 1 saturated heterocycles. The van der Waals surface area contributed by atoms with Crippen molar-refractivity contribution < 1.29 is 27.8 Å². The first-order chi connectivity index (χ1) is 9.41. The minimum atomic E-state index is -2.83. The smallest absolute Gasteiger partial charge is 0.367 e. The van der Waals surface area contributed by atoms with Gasteiger partial charge in [0.05, 0.1) is 6.61 Å². The summed E-state index contributed by atoms with van der Waals surface area (Å²) >= 11 is 2.65. The molecule has 6 nitrogen and oxygen atoms in total. The first-order valence-electron chi connectivity index (χ1n) is 5.78. The maximum Gasteiger partial charge on any atom is 0.367 e. The SMILES string of the molecule is N[C@@H]1O[C@H](CO[PH](=O)Oc2ccccc2)C(O)C1(F)Br. The number of aliphatic hydroxyl groups is 1. The van der Waals surface area contributed by atoms with Gasteiger partial charge in [0.1, 0.15) is 18.0 Å². The van der Waals surface area contributed by atoms with E-state index in [2.05, 4.69) is 15.9 Å². The van der Waals surface area contributed by atoms with Gasteiger partial charge in [-0.1, -0.05) is 18.2 Å². The van der Waals surface area contributed by atoms with Gasteiger partial charge in [0.2, 0.25) is 4.58 Å².